The Morgan fingerprint density at radius 1 is 1.67 bits per heavy atom. The average Bonchev–Trinajstić information content (AvgIpc) is 2.34. The second-order valence-electron chi connectivity index (χ2n) is 1.92. The van der Waals surface area contributed by atoms with Crippen LogP contribution in [0.2, 0.25) is 10.2 Å². The van der Waals surface area contributed by atoms with Gasteiger partial charge in [-0.25, -0.2) is 4.79 Å². The molecule has 0 radical (unpaired) electrons. The van der Waals surface area contributed by atoms with Crippen molar-refractivity contribution in [3.63, 3.8) is 0 Å². The fraction of sp³-hybridized carbons (Fsp3) is 0.333. The van der Waals surface area contributed by atoms with Crippen molar-refractivity contribution in [1.29, 1.82) is 0 Å². The summed E-state index contributed by atoms with van der Waals surface area (Å²) in [5.41, 5.74) is 0.0171. The first kappa shape index (κ1) is 9.35. The summed E-state index contributed by atoms with van der Waals surface area (Å²) in [6.07, 6.45) is 0. The van der Waals surface area contributed by atoms with E-state index in [4.69, 9.17) is 23.2 Å². The van der Waals surface area contributed by atoms with Gasteiger partial charge in [0, 0.05) is 0 Å². The number of aromatic amines is 1. The monoisotopic (exact) mass is 208 g/mol. The molecule has 0 amide bonds. The molecule has 1 rings (SSSR count). The van der Waals surface area contributed by atoms with Gasteiger partial charge in [0.25, 0.3) is 0 Å². The van der Waals surface area contributed by atoms with Crippen molar-refractivity contribution >= 4 is 29.2 Å². The van der Waals surface area contributed by atoms with Crippen molar-refractivity contribution in [3.05, 3.63) is 15.9 Å². The smallest absolute Gasteiger partial charge is 0.360 e. The molecule has 0 saturated heterocycles. The van der Waals surface area contributed by atoms with Crippen LogP contribution in [0.5, 0.6) is 0 Å². The number of carbonyl (C=O) groups is 1. The molecule has 0 aliphatic rings. The van der Waals surface area contributed by atoms with Gasteiger partial charge in [-0.05, 0) is 6.92 Å². The van der Waals surface area contributed by atoms with Gasteiger partial charge in [-0.3, -0.25) is 5.10 Å². The Morgan fingerprint density at radius 3 is 2.75 bits per heavy atom. The molecule has 0 aromatic carbocycles. The van der Waals surface area contributed by atoms with E-state index in [1.165, 1.54) is 0 Å². The molecule has 0 spiro atoms. The van der Waals surface area contributed by atoms with Gasteiger partial charge in [0.15, 0.2) is 5.69 Å². The topological polar surface area (TPSA) is 55.0 Å². The molecule has 6 heteroatoms. The summed E-state index contributed by atoms with van der Waals surface area (Å²) in [6, 6.07) is 0. The summed E-state index contributed by atoms with van der Waals surface area (Å²) in [5.74, 6) is -0.578. The lowest BCUT2D eigenvalue weighted by atomic mass is 10.4. The molecule has 0 atom stereocenters. The molecule has 12 heavy (non-hydrogen) atoms. The molecule has 0 fully saturated rings. The summed E-state index contributed by atoms with van der Waals surface area (Å²) < 4.78 is 4.66. The van der Waals surface area contributed by atoms with Crippen molar-refractivity contribution in [2.24, 2.45) is 0 Å². The Labute approximate surface area is 78.8 Å². The maximum absolute atomic E-state index is 11.0. The van der Waals surface area contributed by atoms with Gasteiger partial charge in [-0.1, -0.05) is 23.2 Å². The van der Waals surface area contributed by atoms with Crippen LogP contribution in [-0.4, -0.2) is 22.8 Å². The van der Waals surface area contributed by atoms with Crippen LogP contribution in [0, 0.1) is 0 Å². The van der Waals surface area contributed by atoms with Gasteiger partial charge in [0.05, 0.1) is 6.61 Å². The van der Waals surface area contributed by atoms with Crippen molar-refractivity contribution in [2.45, 2.75) is 6.92 Å². The number of carbonyl (C=O) groups excluding carboxylic acids is 1. The number of ether oxygens (including phenoxy) is 1. The fourth-order valence-corrected chi connectivity index (χ4v) is 0.935. The van der Waals surface area contributed by atoms with Gasteiger partial charge in [0.2, 0.25) is 0 Å². The van der Waals surface area contributed by atoms with Crippen molar-refractivity contribution in [2.75, 3.05) is 6.61 Å². The van der Waals surface area contributed by atoms with E-state index < -0.39 is 5.97 Å². The van der Waals surface area contributed by atoms with Crippen molar-refractivity contribution in [3.8, 4) is 0 Å². The minimum atomic E-state index is -0.578. The Hall–Kier alpha value is -0.740. The average molecular weight is 209 g/mol. The minimum Gasteiger partial charge on any atom is -0.461 e. The molecule has 0 bridgehead atoms. The number of H-pyrrole nitrogens is 1. The summed E-state index contributed by atoms with van der Waals surface area (Å²) >= 11 is 11.1. The number of hydrogen-bond acceptors (Lipinski definition) is 3. The van der Waals surface area contributed by atoms with E-state index in [1.807, 2.05) is 0 Å². The molecular formula is C6H6Cl2N2O2. The number of esters is 1. The lowest BCUT2D eigenvalue weighted by Gasteiger charge is -1.96. The SMILES string of the molecule is CCOC(=O)c1n[nH]c(Cl)c1Cl. The van der Waals surface area contributed by atoms with E-state index in [1.54, 1.807) is 6.92 Å². The normalized spacial score (nSPS) is 9.92. The predicted octanol–water partition coefficient (Wildman–Crippen LogP) is 1.89. The molecule has 66 valence electrons. The molecule has 1 aromatic rings. The van der Waals surface area contributed by atoms with E-state index in [0.717, 1.165) is 0 Å². The van der Waals surface area contributed by atoms with Crippen LogP contribution in [0.4, 0.5) is 0 Å². The Balaban J connectivity index is 2.88. The van der Waals surface area contributed by atoms with Crippen LogP contribution in [0.25, 0.3) is 0 Å². The zero-order valence-electron chi connectivity index (χ0n) is 6.23. The molecule has 1 heterocycles. The largest absolute Gasteiger partial charge is 0.461 e. The van der Waals surface area contributed by atoms with Gasteiger partial charge in [0.1, 0.15) is 10.2 Å². The number of halogens is 2. The maximum atomic E-state index is 11.0. The van der Waals surface area contributed by atoms with E-state index in [0.29, 0.717) is 0 Å². The quantitative estimate of drug-likeness (QED) is 0.756. The van der Waals surface area contributed by atoms with Crippen LogP contribution >= 0.6 is 23.2 Å². The summed E-state index contributed by atoms with van der Waals surface area (Å²) in [7, 11) is 0. The molecule has 1 N–H and O–H groups in total. The van der Waals surface area contributed by atoms with E-state index in [-0.39, 0.29) is 22.5 Å². The highest BCUT2D eigenvalue weighted by Crippen LogP contribution is 2.22. The van der Waals surface area contributed by atoms with E-state index in [2.05, 4.69) is 14.9 Å². The van der Waals surface area contributed by atoms with E-state index >= 15 is 0 Å². The Kier molecular flexibility index (Phi) is 2.94. The van der Waals surface area contributed by atoms with Gasteiger partial charge >= 0.3 is 5.97 Å². The maximum Gasteiger partial charge on any atom is 0.360 e. The number of nitrogens with one attached hydrogen (secondary N) is 1. The number of nitrogens with zero attached hydrogens (tertiary/aromatic N) is 1. The standard InChI is InChI=1S/C6H6Cl2N2O2/c1-2-12-6(11)4-3(7)5(8)10-9-4/h2H2,1H3,(H,9,10). The second kappa shape index (κ2) is 3.78. The fourth-order valence-electron chi connectivity index (χ4n) is 0.642. The zero-order valence-corrected chi connectivity index (χ0v) is 7.74. The first-order valence-corrected chi connectivity index (χ1v) is 3.99. The molecular weight excluding hydrogens is 203 g/mol. The number of hydrogen-bond donors (Lipinski definition) is 1. The van der Waals surface area contributed by atoms with Crippen LogP contribution in [0.3, 0.4) is 0 Å². The molecule has 4 nitrogen and oxygen atoms in total. The van der Waals surface area contributed by atoms with Crippen molar-refractivity contribution < 1.29 is 9.53 Å². The third-order valence-corrected chi connectivity index (χ3v) is 1.87. The molecule has 0 aliphatic heterocycles. The van der Waals surface area contributed by atoms with Gasteiger partial charge in [-0.2, -0.15) is 5.10 Å². The third-order valence-electron chi connectivity index (χ3n) is 1.14. The summed E-state index contributed by atoms with van der Waals surface area (Å²) in [6.45, 7) is 1.97. The molecule has 1 aromatic heterocycles. The predicted molar refractivity (Wildman–Crippen MR) is 44.6 cm³/mol. The number of aromatic nitrogens is 2. The van der Waals surface area contributed by atoms with Crippen LogP contribution in [0.15, 0.2) is 0 Å². The lowest BCUT2D eigenvalue weighted by Crippen LogP contribution is -2.05. The zero-order chi connectivity index (χ0) is 9.14. The minimum absolute atomic E-state index is 0.0171. The molecule has 0 unspecified atom stereocenters. The molecule has 0 aliphatic carbocycles. The first-order chi connectivity index (χ1) is 5.66. The summed E-state index contributed by atoms with van der Waals surface area (Å²) in [4.78, 5) is 11.0. The lowest BCUT2D eigenvalue weighted by molar-refractivity contribution is 0.0519. The highest BCUT2D eigenvalue weighted by atomic mass is 35.5. The Morgan fingerprint density at radius 2 is 2.33 bits per heavy atom. The Bertz CT molecular complexity index is 298. The second-order valence-corrected chi connectivity index (χ2v) is 2.68. The van der Waals surface area contributed by atoms with E-state index in [9.17, 15) is 4.79 Å². The first-order valence-electron chi connectivity index (χ1n) is 3.23. The van der Waals surface area contributed by atoms with Gasteiger partial charge < -0.3 is 4.74 Å². The van der Waals surface area contributed by atoms with Crippen LogP contribution in [-0.2, 0) is 4.74 Å². The number of rotatable bonds is 2. The van der Waals surface area contributed by atoms with Crippen LogP contribution in [0.1, 0.15) is 17.4 Å². The molecule has 0 saturated carbocycles. The highest BCUT2D eigenvalue weighted by Gasteiger charge is 2.17. The van der Waals surface area contributed by atoms with Gasteiger partial charge in [-0.15, -0.1) is 0 Å². The highest BCUT2D eigenvalue weighted by molar-refractivity contribution is 6.42. The van der Waals surface area contributed by atoms with Crippen molar-refractivity contribution in [1.82, 2.24) is 10.2 Å². The third kappa shape index (κ3) is 1.70. The summed E-state index contributed by atoms with van der Waals surface area (Å²) in [5, 5.41) is 6.16. The van der Waals surface area contributed by atoms with Crippen LogP contribution < -0.4 is 0 Å².